The monoisotopic (exact) mass is 725 g/mol. The zero-order valence-electron chi connectivity index (χ0n) is 28.2. The Morgan fingerprint density at radius 1 is 0.898 bits per heavy atom. The number of hydrogen-bond donors (Lipinski definition) is 1. The van der Waals surface area contributed by atoms with Gasteiger partial charge in [0.1, 0.15) is 24.1 Å². The van der Waals surface area contributed by atoms with Crippen molar-refractivity contribution in [1.82, 2.24) is 10.2 Å². The van der Waals surface area contributed by atoms with Crippen molar-refractivity contribution in [3.63, 3.8) is 0 Å². The maximum atomic E-state index is 14.8. The summed E-state index contributed by atoms with van der Waals surface area (Å²) in [6.45, 7) is 4.90. The zero-order chi connectivity index (χ0) is 35.7. The molecule has 0 aliphatic heterocycles. The molecule has 0 unspecified atom stereocenters. The summed E-state index contributed by atoms with van der Waals surface area (Å²) < 4.78 is 40.9. The molecular formula is C37H41Cl2N3O6S. The predicted octanol–water partition coefficient (Wildman–Crippen LogP) is 7.07. The lowest BCUT2D eigenvalue weighted by Gasteiger charge is -2.34. The SMILES string of the molecule is CC[C@H](C)NC(=O)[C@@H](Cc1ccccc1)N(Cc1ccc(Cl)cc1Cl)C(=O)CN(c1cc(OC)ccc1OC)S(=O)(=O)c1ccc(C)cc1. The van der Waals surface area contributed by atoms with Crippen LogP contribution in [0.4, 0.5) is 5.69 Å². The third kappa shape index (κ3) is 9.47. The van der Waals surface area contributed by atoms with Gasteiger partial charge in [-0.25, -0.2) is 8.42 Å². The van der Waals surface area contributed by atoms with E-state index in [-0.39, 0.29) is 41.2 Å². The van der Waals surface area contributed by atoms with Gasteiger partial charge in [-0.05, 0) is 67.8 Å². The summed E-state index contributed by atoms with van der Waals surface area (Å²) >= 11 is 12.8. The van der Waals surface area contributed by atoms with Crippen LogP contribution < -0.4 is 19.1 Å². The number of rotatable bonds is 15. The number of ether oxygens (including phenoxy) is 2. The normalized spacial score (nSPS) is 12.5. The van der Waals surface area contributed by atoms with Gasteiger partial charge < -0.3 is 19.7 Å². The number of benzene rings is 4. The van der Waals surface area contributed by atoms with E-state index in [2.05, 4.69) is 5.32 Å². The number of anilines is 1. The van der Waals surface area contributed by atoms with Crippen LogP contribution in [0.1, 0.15) is 37.0 Å². The highest BCUT2D eigenvalue weighted by Crippen LogP contribution is 2.36. The Kier molecular flexibility index (Phi) is 13.0. The number of carbonyl (C=O) groups excluding carboxylic acids is 2. The molecule has 0 heterocycles. The van der Waals surface area contributed by atoms with Gasteiger partial charge in [-0.3, -0.25) is 13.9 Å². The smallest absolute Gasteiger partial charge is 0.264 e. The summed E-state index contributed by atoms with van der Waals surface area (Å²) in [5, 5.41) is 3.72. The van der Waals surface area contributed by atoms with Crippen molar-refractivity contribution in [2.75, 3.05) is 25.1 Å². The van der Waals surface area contributed by atoms with E-state index >= 15 is 0 Å². The first-order valence-corrected chi connectivity index (χ1v) is 18.0. The highest BCUT2D eigenvalue weighted by Gasteiger charge is 2.36. The molecular weight excluding hydrogens is 685 g/mol. The van der Waals surface area contributed by atoms with Crippen molar-refractivity contribution in [2.45, 2.75) is 57.1 Å². The molecule has 49 heavy (non-hydrogen) atoms. The Morgan fingerprint density at radius 3 is 2.20 bits per heavy atom. The molecule has 4 aromatic rings. The predicted molar refractivity (Wildman–Crippen MR) is 194 cm³/mol. The fourth-order valence-corrected chi connectivity index (χ4v) is 7.06. The molecule has 4 rings (SSSR count). The molecule has 0 aliphatic carbocycles. The molecule has 0 aliphatic rings. The Labute approximate surface area is 298 Å². The number of methoxy groups -OCH3 is 2. The van der Waals surface area contributed by atoms with Gasteiger partial charge in [-0.15, -0.1) is 0 Å². The molecule has 2 atom stereocenters. The standard InChI is InChI=1S/C37H41Cl2N3O6S/c1-6-26(3)40-37(44)34(20-27-10-8-7-9-11-27)41(23-28-14-15-29(38)21-32(28)39)36(43)24-42(33-22-30(47-4)16-19-35(33)48-5)49(45,46)31-17-12-25(2)13-18-31/h7-19,21-22,26,34H,6,20,23-24H2,1-5H3,(H,40,44)/t26-,34+/m0/s1. The van der Waals surface area contributed by atoms with E-state index in [4.69, 9.17) is 32.7 Å². The molecule has 1 N–H and O–H groups in total. The van der Waals surface area contributed by atoms with Gasteiger partial charge in [0.25, 0.3) is 10.0 Å². The molecule has 4 aromatic carbocycles. The number of aryl methyl sites for hydroxylation is 1. The van der Waals surface area contributed by atoms with Crippen molar-refractivity contribution in [2.24, 2.45) is 0 Å². The van der Waals surface area contributed by atoms with Crippen LogP contribution in [-0.4, -0.2) is 58.0 Å². The molecule has 0 bridgehead atoms. The van der Waals surface area contributed by atoms with Crippen LogP contribution in [0.25, 0.3) is 0 Å². The molecule has 2 amide bonds. The van der Waals surface area contributed by atoms with Crippen LogP contribution in [0.3, 0.4) is 0 Å². The van der Waals surface area contributed by atoms with Gasteiger partial charge in [0, 0.05) is 35.1 Å². The Balaban J connectivity index is 1.89. The first kappa shape index (κ1) is 37.6. The largest absolute Gasteiger partial charge is 0.497 e. The molecule has 0 saturated heterocycles. The minimum absolute atomic E-state index is 0.0292. The fourth-order valence-electron chi connectivity index (χ4n) is 5.17. The quantitative estimate of drug-likeness (QED) is 0.141. The van der Waals surface area contributed by atoms with Crippen molar-refractivity contribution < 1.29 is 27.5 Å². The molecule has 0 saturated carbocycles. The number of amides is 2. The summed E-state index contributed by atoms with van der Waals surface area (Å²) in [6, 6.07) is 24.0. The molecule has 0 radical (unpaired) electrons. The van der Waals surface area contributed by atoms with Gasteiger partial charge in [0.05, 0.1) is 24.8 Å². The number of carbonyl (C=O) groups is 2. The van der Waals surface area contributed by atoms with E-state index in [0.717, 1.165) is 15.4 Å². The summed E-state index contributed by atoms with van der Waals surface area (Å²) in [4.78, 5) is 30.2. The fraction of sp³-hybridized carbons (Fsp3) is 0.297. The lowest BCUT2D eigenvalue weighted by molar-refractivity contribution is -0.140. The van der Waals surface area contributed by atoms with Crippen LogP contribution in [0, 0.1) is 6.92 Å². The summed E-state index contributed by atoms with van der Waals surface area (Å²) in [5.41, 5.74) is 2.29. The summed E-state index contributed by atoms with van der Waals surface area (Å²) in [7, 11) is -1.50. The molecule has 0 aromatic heterocycles. The average molecular weight is 727 g/mol. The minimum Gasteiger partial charge on any atom is -0.497 e. The van der Waals surface area contributed by atoms with Crippen LogP contribution in [0.5, 0.6) is 11.5 Å². The van der Waals surface area contributed by atoms with Gasteiger partial charge in [0.15, 0.2) is 0 Å². The van der Waals surface area contributed by atoms with Crippen LogP contribution >= 0.6 is 23.2 Å². The van der Waals surface area contributed by atoms with Crippen molar-refractivity contribution in [1.29, 1.82) is 0 Å². The second-order valence-electron chi connectivity index (χ2n) is 11.6. The van der Waals surface area contributed by atoms with Crippen molar-refractivity contribution in [3.05, 3.63) is 118 Å². The number of halogens is 2. The van der Waals surface area contributed by atoms with E-state index in [1.807, 2.05) is 51.1 Å². The van der Waals surface area contributed by atoms with Gasteiger partial charge in [-0.2, -0.15) is 0 Å². The third-order valence-electron chi connectivity index (χ3n) is 8.17. The van der Waals surface area contributed by atoms with Crippen LogP contribution in [-0.2, 0) is 32.6 Å². The molecule has 0 fully saturated rings. The second kappa shape index (κ2) is 16.9. The highest BCUT2D eigenvalue weighted by atomic mass is 35.5. The van der Waals surface area contributed by atoms with Gasteiger partial charge in [0.2, 0.25) is 11.8 Å². The lowest BCUT2D eigenvalue weighted by atomic mass is 10.0. The van der Waals surface area contributed by atoms with Crippen LogP contribution in [0.2, 0.25) is 10.0 Å². The van der Waals surface area contributed by atoms with Crippen molar-refractivity contribution in [3.8, 4) is 11.5 Å². The zero-order valence-corrected chi connectivity index (χ0v) is 30.5. The Morgan fingerprint density at radius 2 is 1.59 bits per heavy atom. The van der Waals surface area contributed by atoms with E-state index < -0.39 is 28.5 Å². The Hall–Kier alpha value is -4.25. The lowest BCUT2D eigenvalue weighted by Crippen LogP contribution is -2.54. The number of nitrogens with zero attached hydrogens (tertiary/aromatic N) is 2. The third-order valence-corrected chi connectivity index (χ3v) is 10.5. The molecule has 12 heteroatoms. The topological polar surface area (TPSA) is 105 Å². The second-order valence-corrected chi connectivity index (χ2v) is 14.3. The van der Waals surface area contributed by atoms with E-state index in [1.54, 1.807) is 42.5 Å². The molecule has 0 spiro atoms. The number of nitrogens with one attached hydrogen (secondary N) is 1. The number of hydrogen-bond acceptors (Lipinski definition) is 6. The highest BCUT2D eigenvalue weighted by molar-refractivity contribution is 7.92. The van der Waals surface area contributed by atoms with E-state index in [9.17, 15) is 18.0 Å². The molecule has 260 valence electrons. The average Bonchev–Trinajstić information content (AvgIpc) is 3.09. The van der Waals surface area contributed by atoms with Crippen LogP contribution in [0.15, 0.2) is 95.9 Å². The maximum Gasteiger partial charge on any atom is 0.264 e. The Bertz CT molecular complexity index is 1860. The number of sulfonamides is 1. The molecule has 9 nitrogen and oxygen atoms in total. The summed E-state index contributed by atoms with van der Waals surface area (Å²) in [6.07, 6.45) is 0.826. The first-order chi connectivity index (χ1) is 23.4. The minimum atomic E-state index is -4.37. The summed E-state index contributed by atoms with van der Waals surface area (Å²) in [5.74, 6) is -0.477. The first-order valence-electron chi connectivity index (χ1n) is 15.8. The maximum absolute atomic E-state index is 14.8. The van der Waals surface area contributed by atoms with Gasteiger partial charge >= 0.3 is 0 Å². The van der Waals surface area contributed by atoms with Gasteiger partial charge in [-0.1, -0.05) is 84.2 Å². The van der Waals surface area contributed by atoms with Crippen molar-refractivity contribution >= 4 is 50.7 Å². The van der Waals surface area contributed by atoms with E-state index in [1.165, 1.54) is 37.3 Å². The van der Waals surface area contributed by atoms with E-state index in [0.29, 0.717) is 27.8 Å².